The van der Waals surface area contributed by atoms with Crippen molar-refractivity contribution in [1.29, 1.82) is 0 Å². The molecule has 4 aromatic rings. The van der Waals surface area contributed by atoms with Gasteiger partial charge in [0.25, 0.3) is 0 Å². The number of H-pyrrole nitrogens is 1. The van der Waals surface area contributed by atoms with Crippen LogP contribution in [0.15, 0.2) is 43.1 Å². The molecule has 1 aliphatic carbocycles. The summed E-state index contributed by atoms with van der Waals surface area (Å²) in [5, 5.41) is 3.57. The van der Waals surface area contributed by atoms with Gasteiger partial charge in [-0.15, -0.1) is 0 Å². The number of nitrogens with one attached hydrogen (secondary N) is 2. The standard InChI is InChI=1S/C24H27N7O2/c1-3-18(4-2-16(1)30-23-13-19-21(14-27-23)29-15-28-19)33-22-12-17(31-7-9-32-10-8-31)11-20-24(22)26-6-5-25-20/h5-6,11-16,18H,1-4,7-10H2,(H,27,30)(H,28,29)/t16-,18+. The Kier molecular flexibility index (Phi) is 5.39. The number of ether oxygens (including phenoxy) is 2. The van der Waals surface area contributed by atoms with Gasteiger partial charge in [-0.1, -0.05) is 0 Å². The van der Waals surface area contributed by atoms with E-state index in [1.54, 1.807) is 24.9 Å². The molecule has 170 valence electrons. The van der Waals surface area contributed by atoms with E-state index in [2.05, 4.69) is 47.3 Å². The van der Waals surface area contributed by atoms with Gasteiger partial charge in [-0.25, -0.2) is 15.0 Å². The normalized spacial score (nSPS) is 21.4. The predicted octanol–water partition coefficient (Wildman–Crippen LogP) is 3.54. The van der Waals surface area contributed by atoms with E-state index in [4.69, 9.17) is 9.47 Å². The van der Waals surface area contributed by atoms with E-state index >= 15 is 0 Å². The third kappa shape index (κ3) is 4.28. The maximum atomic E-state index is 6.53. The van der Waals surface area contributed by atoms with Crippen molar-refractivity contribution in [3.05, 3.63) is 43.1 Å². The molecule has 1 saturated heterocycles. The van der Waals surface area contributed by atoms with E-state index in [1.165, 1.54) is 0 Å². The molecular weight excluding hydrogens is 418 g/mol. The van der Waals surface area contributed by atoms with Crippen LogP contribution < -0.4 is 15.0 Å². The maximum absolute atomic E-state index is 6.53. The van der Waals surface area contributed by atoms with Crippen molar-refractivity contribution in [3.8, 4) is 5.75 Å². The molecule has 1 saturated carbocycles. The molecule has 2 aliphatic rings. The van der Waals surface area contributed by atoms with Crippen LogP contribution in [0.1, 0.15) is 25.7 Å². The highest BCUT2D eigenvalue weighted by atomic mass is 16.5. The first-order valence-corrected chi connectivity index (χ1v) is 11.6. The Morgan fingerprint density at radius 2 is 1.79 bits per heavy atom. The summed E-state index contributed by atoms with van der Waals surface area (Å²) in [4.78, 5) is 23.3. The number of anilines is 2. The zero-order valence-electron chi connectivity index (χ0n) is 18.4. The molecule has 1 aromatic carbocycles. The van der Waals surface area contributed by atoms with E-state index in [0.29, 0.717) is 6.04 Å². The fourth-order valence-electron chi connectivity index (χ4n) is 4.75. The van der Waals surface area contributed by atoms with Gasteiger partial charge in [0.1, 0.15) is 22.6 Å². The molecule has 9 heteroatoms. The maximum Gasteiger partial charge on any atom is 0.149 e. The number of aromatic amines is 1. The van der Waals surface area contributed by atoms with Crippen LogP contribution in [-0.2, 0) is 4.74 Å². The van der Waals surface area contributed by atoms with Crippen LogP contribution >= 0.6 is 0 Å². The summed E-state index contributed by atoms with van der Waals surface area (Å²) >= 11 is 0. The molecule has 0 radical (unpaired) electrons. The van der Waals surface area contributed by atoms with E-state index in [1.807, 2.05) is 6.07 Å². The van der Waals surface area contributed by atoms with Crippen molar-refractivity contribution in [2.75, 3.05) is 36.5 Å². The topological polar surface area (TPSA) is 101 Å². The molecule has 0 bridgehead atoms. The molecule has 0 amide bonds. The smallest absolute Gasteiger partial charge is 0.149 e. The quantitative estimate of drug-likeness (QED) is 0.481. The number of rotatable bonds is 5. The molecule has 3 aromatic heterocycles. The molecule has 0 unspecified atom stereocenters. The number of hydrogen-bond acceptors (Lipinski definition) is 8. The minimum Gasteiger partial charge on any atom is -0.488 e. The molecular formula is C24H27N7O2. The summed E-state index contributed by atoms with van der Waals surface area (Å²) < 4.78 is 12.0. The van der Waals surface area contributed by atoms with Gasteiger partial charge in [-0.05, 0) is 31.7 Å². The molecule has 0 atom stereocenters. The SMILES string of the molecule is c1cnc2c(O[C@H]3CC[C@@H](Nc4cc5[nH]cnc5cn4)CC3)cc(N3CCOCC3)cc2n1. The highest BCUT2D eigenvalue weighted by Crippen LogP contribution is 2.33. The van der Waals surface area contributed by atoms with E-state index in [-0.39, 0.29) is 6.10 Å². The highest BCUT2D eigenvalue weighted by Gasteiger charge is 2.24. The van der Waals surface area contributed by atoms with Crippen molar-refractivity contribution in [3.63, 3.8) is 0 Å². The first-order valence-electron chi connectivity index (χ1n) is 11.6. The van der Waals surface area contributed by atoms with Crippen LogP contribution in [0.25, 0.3) is 22.1 Å². The molecule has 33 heavy (non-hydrogen) atoms. The van der Waals surface area contributed by atoms with E-state index < -0.39 is 0 Å². The zero-order chi connectivity index (χ0) is 22.0. The number of pyridine rings is 1. The largest absolute Gasteiger partial charge is 0.488 e. The van der Waals surface area contributed by atoms with Gasteiger partial charge < -0.3 is 24.7 Å². The minimum absolute atomic E-state index is 0.163. The number of imidazole rings is 1. The van der Waals surface area contributed by atoms with Crippen molar-refractivity contribution >= 4 is 33.6 Å². The van der Waals surface area contributed by atoms with Gasteiger partial charge in [-0.3, -0.25) is 4.98 Å². The van der Waals surface area contributed by atoms with Gasteiger partial charge in [0.15, 0.2) is 0 Å². The Labute approximate surface area is 191 Å². The van der Waals surface area contributed by atoms with E-state index in [9.17, 15) is 0 Å². The molecule has 2 fully saturated rings. The number of morpholine rings is 1. The summed E-state index contributed by atoms with van der Waals surface area (Å²) in [6.07, 6.45) is 11.1. The summed E-state index contributed by atoms with van der Waals surface area (Å²) in [6, 6.07) is 6.63. The molecule has 4 heterocycles. The van der Waals surface area contributed by atoms with Crippen LogP contribution in [0, 0.1) is 0 Å². The second-order valence-electron chi connectivity index (χ2n) is 8.69. The average Bonchev–Trinajstić information content (AvgIpc) is 3.34. The lowest BCUT2D eigenvalue weighted by atomic mass is 9.93. The number of aromatic nitrogens is 5. The van der Waals surface area contributed by atoms with Gasteiger partial charge in [0.2, 0.25) is 0 Å². The monoisotopic (exact) mass is 445 g/mol. The summed E-state index contributed by atoms with van der Waals surface area (Å²) in [6.45, 7) is 3.24. The molecule has 2 N–H and O–H groups in total. The molecule has 6 rings (SSSR count). The first-order chi connectivity index (χ1) is 16.3. The second kappa shape index (κ2) is 8.82. The van der Waals surface area contributed by atoms with Gasteiger partial charge >= 0.3 is 0 Å². The lowest BCUT2D eigenvalue weighted by Gasteiger charge is -2.31. The van der Waals surface area contributed by atoms with Crippen molar-refractivity contribution in [2.45, 2.75) is 37.8 Å². The Hall–Kier alpha value is -3.46. The van der Waals surface area contributed by atoms with Crippen molar-refractivity contribution < 1.29 is 9.47 Å². The van der Waals surface area contributed by atoms with Crippen LogP contribution in [0.3, 0.4) is 0 Å². The first kappa shape index (κ1) is 20.2. The van der Waals surface area contributed by atoms with Crippen molar-refractivity contribution in [2.24, 2.45) is 0 Å². The fraction of sp³-hybridized carbons (Fsp3) is 0.417. The number of hydrogen-bond donors (Lipinski definition) is 2. The zero-order valence-corrected chi connectivity index (χ0v) is 18.4. The predicted molar refractivity (Wildman–Crippen MR) is 127 cm³/mol. The minimum atomic E-state index is 0.163. The summed E-state index contributed by atoms with van der Waals surface area (Å²) in [7, 11) is 0. The van der Waals surface area contributed by atoms with Crippen LogP contribution in [0.2, 0.25) is 0 Å². The van der Waals surface area contributed by atoms with Crippen molar-refractivity contribution in [1.82, 2.24) is 24.9 Å². The number of fused-ring (bicyclic) bond motifs is 2. The van der Waals surface area contributed by atoms with Gasteiger partial charge in [0, 0.05) is 49.3 Å². The van der Waals surface area contributed by atoms with E-state index in [0.717, 1.165) is 91.3 Å². The Bertz CT molecular complexity index is 1250. The fourth-order valence-corrected chi connectivity index (χ4v) is 4.75. The summed E-state index contributed by atoms with van der Waals surface area (Å²) in [5.74, 6) is 1.71. The van der Waals surface area contributed by atoms with Crippen LogP contribution in [0.5, 0.6) is 5.75 Å². The molecule has 1 aliphatic heterocycles. The highest BCUT2D eigenvalue weighted by molar-refractivity contribution is 5.85. The van der Waals surface area contributed by atoms with Gasteiger partial charge in [-0.2, -0.15) is 0 Å². The third-order valence-electron chi connectivity index (χ3n) is 6.53. The van der Waals surface area contributed by atoms with Crippen LogP contribution in [-0.4, -0.2) is 63.4 Å². The molecule has 9 nitrogen and oxygen atoms in total. The number of benzene rings is 1. The number of nitrogens with zero attached hydrogens (tertiary/aromatic N) is 5. The summed E-state index contributed by atoms with van der Waals surface area (Å²) in [5.41, 5.74) is 4.70. The Morgan fingerprint density at radius 3 is 2.67 bits per heavy atom. The average molecular weight is 446 g/mol. The Balaban J connectivity index is 1.14. The van der Waals surface area contributed by atoms with Crippen LogP contribution in [0.4, 0.5) is 11.5 Å². The Morgan fingerprint density at radius 1 is 0.939 bits per heavy atom. The second-order valence-corrected chi connectivity index (χ2v) is 8.69. The third-order valence-corrected chi connectivity index (χ3v) is 6.53. The lowest BCUT2D eigenvalue weighted by Crippen LogP contribution is -2.36. The van der Waals surface area contributed by atoms with Gasteiger partial charge in [0.05, 0.1) is 42.9 Å². The molecule has 0 spiro atoms. The lowest BCUT2D eigenvalue weighted by molar-refractivity contribution is 0.122.